The van der Waals surface area contributed by atoms with Gasteiger partial charge in [-0.15, -0.1) is 0 Å². The monoisotopic (exact) mass is 250 g/mol. The molecule has 0 aromatic heterocycles. The SMILES string of the molecule is COc1ccc(C(CN)N2CCCC2CO)cc1. The number of aliphatic hydroxyl groups excluding tert-OH is 1. The summed E-state index contributed by atoms with van der Waals surface area (Å²) in [6.45, 7) is 1.80. The number of ether oxygens (including phenoxy) is 1. The highest BCUT2D eigenvalue weighted by Crippen LogP contribution is 2.29. The van der Waals surface area contributed by atoms with Crippen molar-refractivity contribution in [3.05, 3.63) is 29.8 Å². The molecule has 1 saturated heterocycles. The number of nitrogens with zero attached hydrogens (tertiary/aromatic N) is 1. The molecule has 0 saturated carbocycles. The van der Waals surface area contributed by atoms with E-state index in [0.29, 0.717) is 6.54 Å². The molecule has 100 valence electrons. The lowest BCUT2D eigenvalue weighted by molar-refractivity contribution is 0.121. The summed E-state index contributed by atoms with van der Waals surface area (Å²) in [5, 5.41) is 9.41. The van der Waals surface area contributed by atoms with Crippen LogP contribution in [0.15, 0.2) is 24.3 Å². The van der Waals surface area contributed by atoms with E-state index in [4.69, 9.17) is 10.5 Å². The summed E-state index contributed by atoms with van der Waals surface area (Å²) < 4.78 is 5.17. The minimum absolute atomic E-state index is 0.190. The molecule has 0 amide bonds. The lowest BCUT2D eigenvalue weighted by atomic mass is 10.0. The van der Waals surface area contributed by atoms with E-state index in [2.05, 4.69) is 17.0 Å². The Balaban J connectivity index is 2.16. The maximum atomic E-state index is 9.41. The van der Waals surface area contributed by atoms with Gasteiger partial charge in [0.15, 0.2) is 0 Å². The molecule has 1 fully saturated rings. The molecule has 1 aromatic rings. The first-order chi connectivity index (χ1) is 8.80. The highest BCUT2D eigenvalue weighted by Gasteiger charge is 2.30. The molecular formula is C14H22N2O2. The number of benzene rings is 1. The summed E-state index contributed by atoms with van der Waals surface area (Å²) in [4.78, 5) is 2.32. The van der Waals surface area contributed by atoms with Crippen LogP contribution in [0.2, 0.25) is 0 Å². The maximum absolute atomic E-state index is 9.41. The van der Waals surface area contributed by atoms with Crippen LogP contribution in [0.25, 0.3) is 0 Å². The van der Waals surface area contributed by atoms with Crippen molar-refractivity contribution in [1.29, 1.82) is 0 Å². The van der Waals surface area contributed by atoms with Gasteiger partial charge < -0.3 is 15.6 Å². The van der Waals surface area contributed by atoms with E-state index in [1.54, 1.807) is 7.11 Å². The Labute approximate surface area is 108 Å². The predicted octanol–water partition coefficient (Wildman–Crippen LogP) is 1.15. The van der Waals surface area contributed by atoms with E-state index in [1.807, 2.05) is 12.1 Å². The van der Waals surface area contributed by atoms with Crippen LogP contribution in [0.4, 0.5) is 0 Å². The Morgan fingerprint density at radius 1 is 1.44 bits per heavy atom. The average Bonchev–Trinajstić information content (AvgIpc) is 2.89. The largest absolute Gasteiger partial charge is 0.497 e. The predicted molar refractivity (Wildman–Crippen MR) is 71.6 cm³/mol. The summed E-state index contributed by atoms with van der Waals surface area (Å²) >= 11 is 0. The van der Waals surface area contributed by atoms with Gasteiger partial charge in [0, 0.05) is 18.6 Å². The molecule has 2 atom stereocenters. The van der Waals surface area contributed by atoms with Crippen LogP contribution in [0.5, 0.6) is 5.75 Å². The van der Waals surface area contributed by atoms with Crippen LogP contribution in [-0.4, -0.2) is 42.9 Å². The minimum Gasteiger partial charge on any atom is -0.497 e. The van der Waals surface area contributed by atoms with E-state index in [9.17, 15) is 5.11 Å². The molecular weight excluding hydrogens is 228 g/mol. The molecule has 1 aliphatic rings. The van der Waals surface area contributed by atoms with Gasteiger partial charge in [0.05, 0.1) is 13.7 Å². The van der Waals surface area contributed by atoms with Crippen LogP contribution in [0.3, 0.4) is 0 Å². The summed E-state index contributed by atoms with van der Waals surface area (Å²) in [7, 11) is 1.66. The van der Waals surface area contributed by atoms with Gasteiger partial charge >= 0.3 is 0 Å². The average molecular weight is 250 g/mol. The van der Waals surface area contributed by atoms with E-state index in [1.165, 1.54) is 5.56 Å². The summed E-state index contributed by atoms with van der Waals surface area (Å²) in [5.41, 5.74) is 7.11. The highest BCUT2D eigenvalue weighted by atomic mass is 16.5. The van der Waals surface area contributed by atoms with Crippen molar-refractivity contribution in [3.63, 3.8) is 0 Å². The van der Waals surface area contributed by atoms with Gasteiger partial charge in [0.25, 0.3) is 0 Å². The van der Waals surface area contributed by atoms with Crippen LogP contribution >= 0.6 is 0 Å². The Bertz CT molecular complexity index is 367. The van der Waals surface area contributed by atoms with Gasteiger partial charge in [0.2, 0.25) is 0 Å². The van der Waals surface area contributed by atoms with Crippen molar-refractivity contribution >= 4 is 0 Å². The second-order valence-corrected chi connectivity index (χ2v) is 4.74. The first-order valence-electron chi connectivity index (χ1n) is 6.50. The van der Waals surface area contributed by atoms with Gasteiger partial charge in [-0.05, 0) is 37.1 Å². The standard InChI is InChI=1S/C14H22N2O2/c1-18-13-6-4-11(5-7-13)14(9-15)16-8-2-3-12(16)10-17/h4-7,12,14,17H,2-3,8-10,15H2,1H3. The Kier molecular flexibility index (Phi) is 4.58. The van der Waals surface area contributed by atoms with Gasteiger partial charge in [-0.1, -0.05) is 12.1 Å². The topological polar surface area (TPSA) is 58.7 Å². The Morgan fingerprint density at radius 2 is 2.17 bits per heavy atom. The van der Waals surface area contributed by atoms with Gasteiger partial charge in [0.1, 0.15) is 5.75 Å². The first kappa shape index (κ1) is 13.3. The fraction of sp³-hybridized carbons (Fsp3) is 0.571. The number of likely N-dealkylation sites (tertiary alicyclic amines) is 1. The summed E-state index contributed by atoms with van der Waals surface area (Å²) in [6.07, 6.45) is 2.20. The number of methoxy groups -OCH3 is 1. The normalized spacial score (nSPS) is 22.1. The fourth-order valence-corrected chi connectivity index (χ4v) is 2.75. The molecule has 4 nitrogen and oxygen atoms in total. The van der Waals surface area contributed by atoms with Crippen LogP contribution in [0, 0.1) is 0 Å². The molecule has 0 aliphatic carbocycles. The van der Waals surface area contributed by atoms with Crippen LogP contribution < -0.4 is 10.5 Å². The zero-order valence-electron chi connectivity index (χ0n) is 10.9. The van der Waals surface area contributed by atoms with E-state index in [0.717, 1.165) is 25.1 Å². The number of aliphatic hydroxyl groups is 1. The number of hydrogen-bond acceptors (Lipinski definition) is 4. The lowest BCUT2D eigenvalue weighted by Crippen LogP contribution is -2.39. The highest BCUT2D eigenvalue weighted by molar-refractivity contribution is 5.29. The summed E-state index contributed by atoms with van der Waals surface area (Å²) in [5.74, 6) is 0.856. The van der Waals surface area contributed by atoms with Crippen LogP contribution in [-0.2, 0) is 0 Å². The van der Waals surface area contributed by atoms with Crippen molar-refractivity contribution in [2.75, 3.05) is 26.8 Å². The Morgan fingerprint density at radius 3 is 2.72 bits per heavy atom. The second-order valence-electron chi connectivity index (χ2n) is 4.74. The number of rotatable bonds is 5. The molecule has 2 unspecified atom stereocenters. The fourth-order valence-electron chi connectivity index (χ4n) is 2.75. The molecule has 0 bridgehead atoms. The van der Waals surface area contributed by atoms with E-state index < -0.39 is 0 Å². The van der Waals surface area contributed by atoms with Gasteiger partial charge in [-0.2, -0.15) is 0 Å². The number of nitrogens with two attached hydrogens (primary N) is 1. The molecule has 3 N–H and O–H groups in total. The smallest absolute Gasteiger partial charge is 0.118 e. The van der Waals surface area contributed by atoms with Gasteiger partial charge in [-0.25, -0.2) is 0 Å². The molecule has 1 aliphatic heterocycles. The molecule has 1 aromatic carbocycles. The quantitative estimate of drug-likeness (QED) is 0.823. The maximum Gasteiger partial charge on any atom is 0.118 e. The van der Waals surface area contributed by atoms with Crippen molar-refractivity contribution in [2.45, 2.75) is 24.9 Å². The molecule has 2 rings (SSSR count). The zero-order chi connectivity index (χ0) is 13.0. The summed E-state index contributed by atoms with van der Waals surface area (Å²) in [6, 6.07) is 8.48. The van der Waals surface area contributed by atoms with E-state index >= 15 is 0 Å². The molecule has 1 heterocycles. The lowest BCUT2D eigenvalue weighted by Gasteiger charge is -2.31. The van der Waals surface area contributed by atoms with Gasteiger partial charge in [-0.3, -0.25) is 4.90 Å². The molecule has 0 radical (unpaired) electrons. The zero-order valence-corrected chi connectivity index (χ0v) is 10.9. The molecule has 4 heteroatoms. The van der Waals surface area contributed by atoms with Crippen molar-refractivity contribution < 1.29 is 9.84 Å². The third-order valence-electron chi connectivity index (χ3n) is 3.76. The number of hydrogen-bond donors (Lipinski definition) is 2. The Hall–Kier alpha value is -1.10. The third kappa shape index (κ3) is 2.66. The van der Waals surface area contributed by atoms with Crippen molar-refractivity contribution in [3.8, 4) is 5.75 Å². The first-order valence-corrected chi connectivity index (χ1v) is 6.50. The van der Waals surface area contributed by atoms with E-state index in [-0.39, 0.29) is 18.7 Å². The third-order valence-corrected chi connectivity index (χ3v) is 3.76. The van der Waals surface area contributed by atoms with Crippen LogP contribution in [0.1, 0.15) is 24.4 Å². The van der Waals surface area contributed by atoms with Crippen molar-refractivity contribution in [2.24, 2.45) is 5.73 Å². The molecule has 0 spiro atoms. The minimum atomic E-state index is 0.190. The second kappa shape index (κ2) is 6.18. The molecule has 18 heavy (non-hydrogen) atoms. The van der Waals surface area contributed by atoms with Crippen molar-refractivity contribution in [1.82, 2.24) is 4.90 Å².